The number of hydrogen-bond acceptors (Lipinski definition) is 5. The Bertz CT molecular complexity index is 481. The summed E-state index contributed by atoms with van der Waals surface area (Å²) in [6.07, 6.45) is 0. The normalized spacial score (nSPS) is 10.3. The Kier molecular flexibility index (Phi) is 7.13. The zero-order valence-corrected chi connectivity index (χ0v) is 12.5. The van der Waals surface area contributed by atoms with Crippen molar-refractivity contribution in [1.29, 1.82) is 0 Å². The monoisotopic (exact) mass is 346 g/mol. The minimum Gasteiger partial charge on any atom is -0.382 e. The summed E-state index contributed by atoms with van der Waals surface area (Å²) in [6, 6.07) is 4.21. The molecule has 0 unspecified atom stereocenters. The SMILES string of the molecule is COCCOCCNC(=O)c1ccc(Br)c([N+](=O)[O-])c1. The van der Waals surface area contributed by atoms with Gasteiger partial charge in [-0.05, 0) is 28.1 Å². The molecule has 110 valence electrons. The molecule has 0 saturated carbocycles. The van der Waals surface area contributed by atoms with Crippen molar-refractivity contribution < 1.29 is 19.2 Å². The van der Waals surface area contributed by atoms with E-state index in [1.165, 1.54) is 18.2 Å². The van der Waals surface area contributed by atoms with Gasteiger partial charge in [0.2, 0.25) is 0 Å². The van der Waals surface area contributed by atoms with E-state index in [1.807, 2.05) is 0 Å². The highest BCUT2D eigenvalue weighted by molar-refractivity contribution is 9.10. The maximum absolute atomic E-state index is 11.8. The molecule has 0 bridgehead atoms. The molecule has 0 aliphatic carbocycles. The van der Waals surface area contributed by atoms with Gasteiger partial charge >= 0.3 is 0 Å². The van der Waals surface area contributed by atoms with Crippen molar-refractivity contribution in [1.82, 2.24) is 5.32 Å². The fourth-order valence-electron chi connectivity index (χ4n) is 1.38. The van der Waals surface area contributed by atoms with Gasteiger partial charge in [0.05, 0.1) is 29.2 Å². The van der Waals surface area contributed by atoms with E-state index in [0.717, 1.165) is 0 Å². The molecule has 0 fully saturated rings. The minimum atomic E-state index is -0.547. The van der Waals surface area contributed by atoms with Crippen molar-refractivity contribution in [2.45, 2.75) is 0 Å². The third-order valence-corrected chi connectivity index (χ3v) is 3.04. The van der Waals surface area contributed by atoms with Gasteiger partial charge in [-0.3, -0.25) is 14.9 Å². The summed E-state index contributed by atoms with van der Waals surface area (Å²) in [5.41, 5.74) is 0.0887. The summed E-state index contributed by atoms with van der Waals surface area (Å²) < 4.78 is 10.3. The summed E-state index contributed by atoms with van der Waals surface area (Å²) in [6.45, 7) is 1.63. The maximum Gasteiger partial charge on any atom is 0.284 e. The second-order valence-electron chi connectivity index (χ2n) is 3.78. The highest BCUT2D eigenvalue weighted by Crippen LogP contribution is 2.25. The van der Waals surface area contributed by atoms with Crippen molar-refractivity contribution in [3.8, 4) is 0 Å². The average molecular weight is 347 g/mol. The Morgan fingerprint density at radius 2 is 2.15 bits per heavy atom. The number of rotatable bonds is 8. The molecule has 0 saturated heterocycles. The van der Waals surface area contributed by atoms with E-state index in [9.17, 15) is 14.9 Å². The Hall–Kier alpha value is -1.51. The van der Waals surface area contributed by atoms with Crippen LogP contribution < -0.4 is 5.32 Å². The highest BCUT2D eigenvalue weighted by atomic mass is 79.9. The van der Waals surface area contributed by atoms with Crippen LogP contribution in [0.4, 0.5) is 5.69 Å². The van der Waals surface area contributed by atoms with E-state index in [1.54, 1.807) is 7.11 Å². The van der Waals surface area contributed by atoms with Crippen LogP contribution >= 0.6 is 15.9 Å². The molecule has 0 atom stereocenters. The first-order chi connectivity index (χ1) is 9.56. The number of benzene rings is 1. The third kappa shape index (κ3) is 5.24. The predicted octanol–water partition coefficient (Wildman–Crippen LogP) is 1.75. The number of hydrogen-bond donors (Lipinski definition) is 1. The lowest BCUT2D eigenvalue weighted by atomic mass is 10.2. The lowest BCUT2D eigenvalue weighted by molar-refractivity contribution is -0.385. The van der Waals surface area contributed by atoms with Crippen LogP contribution in [0.25, 0.3) is 0 Å². The number of nitro groups is 1. The first-order valence-corrected chi connectivity index (χ1v) is 6.64. The van der Waals surface area contributed by atoms with Crippen LogP contribution in [0.15, 0.2) is 22.7 Å². The van der Waals surface area contributed by atoms with E-state index >= 15 is 0 Å². The van der Waals surface area contributed by atoms with Gasteiger partial charge in [0.25, 0.3) is 11.6 Å². The fourth-order valence-corrected chi connectivity index (χ4v) is 1.77. The van der Waals surface area contributed by atoms with Gasteiger partial charge in [-0.1, -0.05) is 0 Å². The molecule has 1 aromatic carbocycles. The molecule has 20 heavy (non-hydrogen) atoms. The second-order valence-corrected chi connectivity index (χ2v) is 4.64. The van der Waals surface area contributed by atoms with Crippen LogP contribution in [0.3, 0.4) is 0 Å². The third-order valence-electron chi connectivity index (χ3n) is 2.37. The number of ether oxygens (including phenoxy) is 2. The molecule has 1 amide bonds. The number of halogens is 1. The maximum atomic E-state index is 11.8. The first-order valence-electron chi connectivity index (χ1n) is 5.85. The zero-order chi connectivity index (χ0) is 15.0. The molecule has 0 spiro atoms. The second kappa shape index (κ2) is 8.62. The Labute approximate surface area is 124 Å². The number of nitrogens with zero attached hydrogens (tertiary/aromatic N) is 1. The lowest BCUT2D eigenvalue weighted by Crippen LogP contribution is -2.27. The van der Waals surface area contributed by atoms with Crippen molar-refractivity contribution in [2.75, 3.05) is 33.5 Å². The zero-order valence-electron chi connectivity index (χ0n) is 10.9. The van der Waals surface area contributed by atoms with Crippen LogP contribution in [0.2, 0.25) is 0 Å². The van der Waals surface area contributed by atoms with E-state index in [2.05, 4.69) is 21.2 Å². The number of amides is 1. The first kappa shape index (κ1) is 16.5. The summed E-state index contributed by atoms with van der Waals surface area (Å²) in [4.78, 5) is 22.0. The molecular weight excluding hydrogens is 332 g/mol. The van der Waals surface area contributed by atoms with Gasteiger partial charge in [-0.2, -0.15) is 0 Å². The van der Waals surface area contributed by atoms with E-state index in [4.69, 9.17) is 9.47 Å². The van der Waals surface area contributed by atoms with Gasteiger partial charge in [0, 0.05) is 25.3 Å². The quantitative estimate of drug-likeness (QED) is 0.440. The summed E-state index contributed by atoms with van der Waals surface area (Å²) in [7, 11) is 1.57. The van der Waals surface area contributed by atoms with Gasteiger partial charge in [-0.15, -0.1) is 0 Å². The van der Waals surface area contributed by atoms with Crippen molar-refractivity contribution in [3.63, 3.8) is 0 Å². The van der Waals surface area contributed by atoms with Crippen LogP contribution in [-0.2, 0) is 9.47 Å². The molecule has 7 nitrogen and oxygen atoms in total. The summed E-state index contributed by atoms with van der Waals surface area (Å²) >= 11 is 3.06. The number of carbonyl (C=O) groups is 1. The molecule has 0 radical (unpaired) electrons. The molecule has 1 rings (SSSR count). The largest absolute Gasteiger partial charge is 0.382 e. The smallest absolute Gasteiger partial charge is 0.284 e. The number of carbonyl (C=O) groups excluding carboxylic acids is 1. The van der Waals surface area contributed by atoms with Crippen LogP contribution in [0, 0.1) is 10.1 Å². The fraction of sp³-hybridized carbons (Fsp3) is 0.417. The molecule has 8 heteroatoms. The van der Waals surface area contributed by atoms with Crippen molar-refractivity contribution in [2.24, 2.45) is 0 Å². The van der Waals surface area contributed by atoms with Crippen LogP contribution in [0.1, 0.15) is 10.4 Å². The van der Waals surface area contributed by atoms with Gasteiger partial charge in [-0.25, -0.2) is 0 Å². The van der Waals surface area contributed by atoms with E-state index in [0.29, 0.717) is 30.8 Å². The molecule has 0 aromatic heterocycles. The predicted molar refractivity (Wildman–Crippen MR) is 75.8 cm³/mol. The van der Waals surface area contributed by atoms with E-state index < -0.39 is 4.92 Å². The molecule has 1 aromatic rings. The van der Waals surface area contributed by atoms with Gasteiger partial charge in [0.1, 0.15) is 0 Å². The minimum absolute atomic E-state index is 0.144. The van der Waals surface area contributed by atoms with Crippen molar-refractivity contribution >= 4 is 27.5 Å². The number of nitro benzene ring substituents is 1. The molecule has 0 heterocycles. The van der Waals surface area contributed by atoms with Gasteiger partial charge < -0.3 is 14.8 Å². The Morgan fingerprint density at radius 3 is 2.80 bits per heavy atom. The Morgan fingerprint density at radius 1 is 1.40 bits per heavy atom. The lowest BCUT2D eigenvalue weighted by Gasteiger charge is -2.06. The molecule has 0 aliphatic rings. The van der Waals surface area contributed by atoms with E-state index in [-0.39, 0.29) is 17.2 Å². The Balaban J connectivity index is 2.47. The molecular formula is C12H15BrN2O5. The molecule has 0 aliphatic heterocycles. The average Bonchev–Trinajstić information content (AvgIpc) is 2.42. The topological polar surface area (TPSA) is 90.7 Å². The number of methoxy groups -OCH3 is 1. The standard InChI is InChI=1S/C12H15BrN2O5/c1-19-6-7-20-5-4-14-12(16)9-2-3-10(13)11(8-9)15(17)18/h2-3,8H,4-7H2,1H3,(H,14,16). The van der Waals surface area contributed by atoms with Crippen molar-refractivity contribution in [3.05, 3.63) is 38.3 Å². The summed E-state index contributed by atoms with van der Waals surface area (Å²) in [5, 5.41) is 13.4. The van der Waals surface area contributed by atoms with Crippen LogP contribution in [-0.4, -0.2) is 44.3 Å². The summed E-state index contributed by atoms with van der Waals surface area (Å²) in [5.74, 6) is -0.379. The van der Waals surface area contributed by atoms with Crippen LogP contribution in [0.5, 0.6) is 0 Å². The number of nitrogens with one attached hydrogen (secondary N) is 1. The highest BCUT2D eigenvalue weighted by Gasteiger charge is 2.15. The molecule has 1 N–H and O–H groups in total. The van der Waals surface area contributed by atoms with Gasteiger partial charge in [0.15, 0.2) is 0 Å².